The number of nitrogens with zero attached hydrogens (tertiary/aromatic N) is 1. The molecule has 0 aliphatic carbocycles. The second-order valence-electron chi connectivity index (χ2n) is 7.02. The predicted molar refractivity (Wildman–Crippen MR) is 130 cm³/mol. The van der Waals surface area contributed by atoms with Crippen LogP contribution >= 0.6 is 24.0 Å². The monoisotopic (exact) mass is 483 g/mol. The van der Waals surface area contributed by atoms with Crippen LogP contribution in [0.5, 0.6) is 11.5 Å². The number of amides is 1. The zero-order valence-electron chi connectivity index (χ0n) is 17.6. The number of carbonyl (C=O) groups is 1. The Morgan fingerprint density at radius 3 is 2.58 bits per heavy atom. The Morgan fingerprint density at radius 2 is 1.82 bits per heavy atom. The van der Waals surface area contributed by atoms with Crippen molar-refractivity contribution in [1.82, 2.24) is 0 Å². The highest BCUT2D eigenvalue weighted by Crippen LogP contribution is 2.37. The number of halogens is 2. The number of carbonyl (C=O) groups excluding carboxylic acids is 1. The van der Waals surface area contributed by atoms with Gasteiger partial charge in [-0.1, -0.05) is 54.3 Å². The van der Waals surface area contributed by atoms with E-state index in [9.17, 15) is 13.6 Å². The smallest absolute Gasteiger partial charge is 0.270 e. The van der Waals surface area contributed by atoms with Crippen LogP contribution in [0.15, 0.2) is 71.6 Å². The SMILES string of the molecule is CCOc1cc(C=C2SC(=S)N(c3cccc(F)c3)C2=O)ccc1OCc1ccccc1F. The normalized spacial score (nSPS) is 14.8. The summed E-state index contributed by atoms with van der Waals surface area (Å²) in [6, 6.07) is 17.4. The lowest BCUT2D eigenvalue weighted by molar-refractivity contribution is -0.113. The molecular weight excluding hydrogens is 464 g/mol. The highest BCUT2D eigenvalue weighted by atomic mass is 32.2. The van der Waals surface area contributed by atoms with E-state index in [1.54, 1.807) is 48.5 Å². The van der Waals surface area contributed by atoms with Crippen molar-refractivity contribution in [1.29, 1.82) is 0 Å². The van der Waals surface area contributed by atoms with Gasteiger partial charge >= 0.3 is 0 Å². The first-order valence-corrected chi connectivity index (χ1v) is 11.4. The van der Waals surface area contributed by atoms with Gasteiger partial charge in [0.1, 0.15) is 18.2 Å². The van der Waals surface area contributed by atoms with Crippen LogP contribution in [0.2, 0.25) is 0 Å². The van der Waals surface area contributed by atoms with Crippen molar-refractivity contribution in [3.8, 4) is 11.5 Å². The van der Waals surface area contributed by atoms with E-state index in [4.69, 9.17) is 21.7 Å². The largest absolute Gasteiger partial charge is 0.490 e. The highest BCUT2D eigenvalue weighted by molar-refractivity contribution is 8.27. The van der Waals surface area contributed by atoms with E-state index in [1.807, 2.05) is 6.92 Å². The molecule has 0 spiro atoms. The lowest BCUT2D eigenvalue weighted by Gasteiger charge is -2.14. The van der Waals surface area contributed by atoms with Crippen LogP contribution in [0.4, 0.5) is 14.5 Å². The Balaban J connectivity index is 1.56. The third-order valence-electron chi connectivity index (χ3n) is 4.77. The summed E-state index contributed by atoms with van der Waals surface area (Å²) in [7, 11) is 0. The second-order valence-corrected chi connectivity index (χ2v) is 8.69. The molecule has 4 rings (SSSR count). The third kappa shape index (κ3) is 5.23. The summed E-state index contributed by atoms with van der Waals surface area (Å²) in [5, 5.41) is 0. The Labute approximate surface area is 199 Å². The molecule has 3 aromatic rings. The van der Waals surface area contributed by atoms with Crippen molar-refractivity contribution < 1.29 is 23.0 Å². The fourth-order valence-electron chi connectivity index (χ4n) is 3.23. The van der Waals surface area contributed by atoms with Gasteiger partial charge in [0.05, 0.1) is 17.2 Å². The average molecular weight is 484 g/mol. The highest BCUT2D eigenvalue weighted by Gasteiger charge is 2.33. The first kappa shape index (κ1) is 22.9. The summed E-state index contributed by atoms with van der Waals surface area (Å²) < 4.78 is 39.3. The topological polar surface area (TPSA) is 38.8 Å². The molecule has 0 atom stereocenters. The molecule has 0 radical (unpaired) electrons. The quantitative estimate of drug-likeness (QED) is 0.289. The van der Waals surface area contributed by atoms with Crippen molar-refractivity contribution in [2.45, 2.75) is 13.5 Å². The van der Waals surface area contributed by atoms with Gasteiger partial charge in [-0.3, -0.25) is 9.69 Å². The molecule has 0 saturated carbocycles. The van der Waals surface area contributed by atoms with Crippen LogP contribution < -0.4 is 14.4 Å². The minimum Gasteiger partial charge on any atom is -0.490 e. The summed E-state index contributed by atoms with van der Waals surface area (Å²) >= 11 is 6.49. The van der Waals surface area contributed by atoms with Crippen LogP contribution in [0.3, 0.4) is 0 Å². The molecule has 1 heterocycles. The fourth-order valence-corrected chi connectivity index (χ4v) is 4.53. The zero-order valence-corrected chi connectivity index (χ0v) is 19.2. The van der Waals surface area contributed by atoms with Crippen molar-refractivity contribution in [3.63, 3.8) is 0 Å². The minimum absolute atomic E-state index is 0.0540. The molecule has 8 heteroatoms. The number of ether oxygens (including phenoxy) is 2. The van der Waals surface area contributed by atoms with Crippen molar-refractivity contribution in [3.05, 3.63) is 94.4 Å². The van der Waals surface area contributed by atoms with Gasteiger partial charge in [-0.15, -0.1) is 0 Å². The van der Waals surface area contributed by atoms with Gasteiger partial charge in [0.25, 0.3) is 5.91 Å². The number of anilines is 1. The number of thiocarbonyl (C=S) groups is 1. The minimum atomic E-state index is -0.446. The van der Waals surface area contributed by atoms with Gasteiger partial charge in [-0.05, 0) is 55.0 Å². The average Bonchev–Trinajstić information content (AvgIpc) is 3.07. The van der Waals surface area contributed by atoms with E-state index < -0.39 is 5.82 Å². The first-order chi connectivity index (χ1) is 16.0. The summed E-state index contributed by atoms with van der Waals surface area (Å²) in [6.07, 6.45) is 1.70. The third-order valence-corrected chi connectivity index (χ3v) is 6.07. The maximum atomic E-state index is 13.9. The van der Waals surface area contributed by atoms with E-state index in [2.05, 4.69) is 0 Å². The molecule has 1 aliphatic heterocycles. The molecule has 1 aliphatic rings. The Bertz CT molecular complexity index is 1250. The summed E-state index contributed by atoms with van der Waals surface area (Å²) in [4.78, 5) is 14.7. The molecule has 1 saturated heterocycles. The summed E-state index contributed by atoms with van der Waals surface area (Å²) in [5.74, 6) is -0.175. The molecule has 33 heavy (non-hydrogen) atoms. The van der Waals surface area contributed by atoms with Crippen LogP contribution in [0.1, 0.15) is 18.1 Å². The second kappa shape index (κ2) is 10.1. The lowest BCUT2D eigenvalue weighted by Crippen LogP contribution is -2.27. The first-order valence-electron chi connectivity index (χ1n) is 10.1. The van der Waals surface area contributed by atoms with Gasteiger partial charge in [-0.2, -0.15) is 0 Å². The predicted octanol–water partition coefficient (Wildman–Crippen LogP) is 6.35. The molecule has 0 N–H and O–H groups in total. The van der Waals surface area contributed by atoms with Crippen LogP contribution in [0.25, 0.3) is 6.08 Å². The molecule has 1 amide bonds. The standard InChI is InChI=1S/C25H19F2NO3S2/c1-2-30-22-12-16(10-11-21(22)31-15-17-6-3-4-9-20(17)27)13-23-24(29)28(25(32)33-23)19-8-5-7-18(26)14-19/h3-14H,2,15H2,1H3. The van der Waals surface area contributed by atoms with Gasteiger partial charge < -0.3 is 9.47 Å². The Morgan fingerprint density at radius 1 is 1.00 bits per heavy atom. The molecule has 1 fully saturated rings. The molecule has 3 aromatic carbocycles. The molecule has 168 valence electrons. The van der Waals surface area contributed by atoms with Crippen molar-refractivity contribution in [2.75, 3.05) is 11.5 Å². The summed E-state index contributed by atoms with van der Waals surface area (Å²) in [6.45, 7) is 2.30. The van der Waals surface area contributed by atoms with Gasteiger partial charge in [0.2, 0.25) is 0 Å². The van der Waals surface area contributed by atoms with Gasteiger partial charge in [0, 0.05) is 5.56 Å². The number of thioether (sulfide) groups is 1. The number of benzene rings is 3. The number of hydrogen-bond donors (Lipinski definition) is 0. The van der Waals surface area contributed by atoms with Gasteiger partial charge in [0.15, 0.2) is 15.8 Å². The fraction of sp³-hybridized carbons (Fsp3) is 0.120. The number of hydrogen-bond acceptors (Lipinski definition) is 5. The molecule has 0 aromatic heterocycles. The molecular formula is C25H19F2NO3S2. The van der Waals surface area contributed by atoms with E-state index in [0.717, 1.165) is 11.8 Å². The zero-order chi connectivity index (χ0) is 23.4. The molecule has 4 nitrogen and oxygen atoms in total. The summed E-state index contributed by atoms with van der Waals surface area (Å²) in [5.41, 5.74) is 1.52. The van der Waals surface area contributed by atoms with Gasteiger partial charge in [-0.25, -0.2) is 8.78 Å². The molecule has 0 unspecified atom stereocenters. The maximum absolute atomic E-state index is 13.9. The Hall–Kier alpha value is -3.23. The van der Waals surface area contributed by atoms with E-state index >= 15 is 0 Å². The van der Waals surface area contributed by atoms with E-state index in [0.29, 0.717) is 44.1 Å². The van der Waals surface area contributed by atoms with Crippen molar-refractivity contribution in [2.24, 2.45) is 0 Å². The Kier molecular flexibility index (Phi) is 7.05. The van der Waals surface area contributed by atoms with Crippen LogP contribution in [0, 0.1) is 11.6 Å². The lowest BCUT2D eigenvalue weighted by atomic mass is 10.1. The van der Waals surface area contributed by atoms with E-state index in [-0.39, 0.29) is 18.3 Å². The van der Waals surface area contributed by atoms with E-state index in [1.165, 1.54) is 29.2 Å². The maximum Gasteiger partial charge on any atom is 0.270 e. The van der Waals surface area contributed by atoms with Crippen molar-refractivity contribution >= 4 is 46.0 Å². The van der Waals surface area contributed by atoms with Crippen LogP contribution in [-0.2, 0) is 11.4 Å². The molecule has 0 bridgehead atoms. The number of rotatable bonds is 7. The van der Waals surface area contributed by atoms with Crippen LogP contribution in [-0.4, -0.2) is 16.8 Å².